The van der Waals surface area contributed by atoms with Gasteiger partial charge in [-0.05, 0) is 36.4 Å². The normalized spacial score (nSPS) is 11.1. The van der Waals surface area contributed by atoms with E-state index in [4.69, 9.17) is 9.84 Å². The van der Waals surface area contributed by atoms with E-state index in [0.29, 0.717) is 18.8 Å². The van der Waals surface area contributed by atoms with Crippen LogP contribution < -0.4 is 9.46 Å². The molecule has 0 saturated heterocycles. The monoisotopic (exact) mass is 308 g/mol. The van der Waals surface area contributed by atoms with Crippen LogP contribution in [0.3, 0.4) is 0 Å². The summed E-state index contributed by atoms with van der Waals surface area (Å²) in [6.45, 7) is 0.440. The summed E-state index contributed by atoms with van der Waals surface area (Å²) < 4.78 is 32.0. The summed E-state index contributed by atoms with van der Waals surface area (Å²) in [5.41, 5.74) is 0. The lowest BCUT2D eigenvalue weighted by atomic mass is 10.3. The number of nitrogens with zero attached hydrogens (tertiary/aromatic N) is 1. The molecule has 0 aliphatic rings. The highest BCUT2D eigenvalue weighted by Crippen LogP contribution is 2.18. The van der Waals surface area contributed by atoms with Crippen molar-refractivity contribution < 1.29 is 18.3 Å². The van der Waals surface area contributed by atoms with Gasteiger partial charge in [0.25, 0.3) is 10.0 Å². The first-order valence-electron chi connectivity index (χ1n) is 6.39. The van der Waals surface area contributed by atoms with Crippen LogP contribution in [0.4, 0.5) is 5.82 Å². The molecule has 21 heavy (non-hydrogen) atoms. The van der Waals surface area contributed by atoms with Crippen LogP contribution in [0.25, 0.3) is 0 Å². The van der Waals surface area contributed by atoms with Crippen LogP contribution in [0.5, 0.6) is 5.75 Å². The minimum atomic E-state index is -3.66. The van der Waals surface area contributed by atoms with E-state index < -0.39 is 10.0 Å². The molecule has 6 nitrogen and oxygen atoms in total. The SMILES string of the molecule is O=S(=O)(Nc1ccccn1)c1ccc(OCCCO)cc1. The number of hydrogen-bond acceptors (Lipinski definition) is 5. The lowest BCUT2D eigenvalue weighted by Gasteiger charge is -2.08. The fourth-order valence-corrected chi connectivity index (χ4v) is 2.60. The Kier molecular flexibility index (Phi) is 5.13. The number of hydrogen-bond donors (Lipinski definition) is 2. The molecule has 0 saturated carbocycles. The summed E-state index contributed by atoms with van der Waals surface area (Å²) in [7, 11) is -3.66. The van der Waals surface area contributed by atoms with Crippen LogP contribution in [0, 0.1) is 0 Å². The highest BCUT2D eigenvalue weighted by atomic mass is 32.2. The zero-order valence-corrected chi connectivity index (χ0v) is 12.1. The van der Waals surface area contributed by atoms with Gasteiger partial charge in [-0.15, -0.1) is 0 Å². The van der Waals surface area contributed by atoms with Crippen LogP contribution in [0.2, 0.25) is 0 Å². The lowest BCUT2D eigenvalue weighted by Crippen LogP contribution is -2.13. The zero-order valence-electron chi connectivity index (χ0n) is 11.3. The van der Waals surface area contributed by atoms with Crippen LogP contribution in [-0.4, -0.2) is 31.7 Å². The van der Waals surface area contributed by atoms with Crippen molar-refractivity contribution in [3.05, 3.63) is 48.7 Å². The van der Waals surface area contributed by atoms with Crippen molar-refractivity contribution in [2.24, 2.45) is 0 Å². The second-order valence-electron chi connectivity index (χ2n) is 4.22. The predicted octanol–water partition coefficient (Wildman–Crippen LogP) is 1.64. The number of anilines is 1. The molecular formula is C14H16N2O4S. The van der Waals surface area contributed by atoms with E-state index in [1.54, 1.807) is 30.3 Å². The van der Waals surface area contributed by atoms with Gasteiger partial charge in [0.15, 0.2) is 0 Å². The molecule has 2 rings (SSSR count). The van der Waals surface area contributed by atoms with E-state index in [0.717, 1.165) is 0 Å². The Bertz CT molecular complexity index is 657. The predicted molar refractivity (Wildman–Crippen MR) is 78.7 cm³/mol. The fraction of sp³-hybridized carbons (Fsp3) is 0.214. The molecule has 0 spiro atoms. The number of benzene rings is 1. The number of aliphatic hydroxyl groups excluding tert-OH is 1. The largest absolute Gasteiger partial charge is 0.494 e. The Hall–Kier alpha value is -2.12. The van der Waals surface area contributed by atoms with Gasteiger partial charge in [0.05, 0.1) is 11.5 Å². The second kappa shape index (κ2) is 7.05. The lowest BCUT2D eigenvalue weighted by molar-refractivity contribution is 0.233. The third-order valence-corrected chi connectivity index (χ3v) is 3.98. The van der Waals surface area contributed by atoms with Gasteiger partial charge < -0.3 is 9.84 Å². The maximum Gasteiger partial charge on any atom is 0.263 e. The first-order valence-corrected chi connectivity index (χ1v) is 7.88. The minimum Gasteiger partial charge on any atom is -0.494 e. The second-order valence-corrected chi connectivity index (χ2v) is 5.90. The molecule has 0 amide bonds. The Labute approximate surface area is 123 Å². The fourth-order valence-electron chi connectivity index (χ4n) is 1.59. The number of nitrogens with one attached hydrogen (secondary N) is 1. The Balaban J connectivity index is 2.06. The first kappa shape index (κ1) is 15.3. The molecule has 0 fully saturated rings. The van der Waals surface area contributed by atoms with Crippen LogP contribution >= 0.6 is 0 Å². The van der Waals surface area contributed by atoms with Crippen molar-refractivity contribution in [1.82, 2.24) is 4.98 Å². The molecule has 0 radical (unpaired) electrons. The third-order valence-electron chi connectivity index (χ3n) is 2.61. The smallest absolute Gasteiger partial charge is 0.263 e. The number of aromatic nitrogens is 1. The molecule has 2 N–H and O–H groups in total. The van der Waals surface area contributed by atoms with Gasteiger partial charge in [-0.3, -0.25) is 4.72 Å². The highest BCUT2D eigenvalue weighted by Gasteiger charge is 2.14. The maximum absolute atomic E-state index is 12.1. The van der Waals surface area contributed by atoms with E-state index in [-0.39, 0.29) is 17.3 Å². The van der Waals surface area contributed by atoms with Gasteiger partial charge in [0.2, 0.25) is 0 Å². The van der Waals surface area contributed by atoms with E-state index in [1.807, 2.05) is 0 Å². The van der Waals surface area contributed by atoms with Crippen LogP contribution in [0.15, 0.2) is 53.6 Å². The van der Waals surface area contributed by atoms with E-state index in [2.05, 4.69) is 9.71 Å². The van der Waals surface area contributed by atoms with Crippen molar-refractivity contribution in [2.75, 3.05) is 17.9 Å². The molecule has 1 heterocycles. The van der Waals surface area contributed by atoms with Crippen molar-refractivity contribution >= 4 is 15.8 Å². The van der Waals surface area contributed by atoms with Crippen molar-refractivity contribution in [3.63, 3.8) is 0 Å². The van der Waals surface area contributed by atoms with Gasteiger partial charge >= 0.3 is 0 Å². The van der Waals surface area contributed by atoms with Gasteiger partial charge in [-0.2, -0.15) is 0 Å². The highest BCUT2D eigenvalue weighted by molar-refractivity contribution is 7.92. The van der Waals surface area contributed by atoms with Gasteiger partial charge in [-0.1, -0.05) is 6.07 Å². The zero-order chi connectivity index (χ0) is 15.1. The Morgan fingerprint density at radius 2 is 1.90 bits per heavy atom. The minimum absolute atomic E-state index is 0.0560. The standard InChI is InChI=1S/C14H16N2O4S/c17-10-3-11-20-12-5-7-13(8-6-12)21(18,19)16-14-4-1-2-9-15-14/h1-2,4-9,17H,3,10-11H2,(H,15,16). The van der Waals surface area contributed by atoms with Crippen molar-refractivity contribution in [2.45, 2.75) is 11.3 Å². The number of sulfonamides is 1. The first-order chi connectivity index (χ1) is 10.1. The molecule has 1 aromatic carbocycles. The maximum atomic E-state index is 12.1. The van der Waals surface area contributed by atoms with Crippen LogP contribution in [-0.2, 0) is 10.0 Å². The van der Waals surface area contributed by atoms with Crippen molar-refractivity contribution in [3.8, 4) is 5.75 Å². The van der Waals surface area contributed by atoms with Crippen LogP contribution in [0.1, 0.15) is 6.42 Å². The number of rotatable bonds is 7. The molecule has 7 heteroatoms. The molecular weight excluding hydrogens is 292 g/mol. The summed E-state index contributed by atoms with van der Waals surface area (Å²) in [6.07, 6.45) is 2.04. The summed E-state index contributed by atoms with van der Waals surface area (Å²) in [5, 5.41) is 8.66. The van der Waals surface area contributed by atoms with Gasteiger partial charge in [-0.25, -0.2) is 13.4 Å². The Morgan fingerprint density at radius 1 is 1.14 bits per heavy atom. The molecule has 0 unspecified atom stereocenters. The number of aliphatic hydroxyl groups is 1. The molecule has 0 aliphatic heterocycles. The number of ether oxygens (including phenoxy) is 1. The molecule has 112 valence electrons. The summed E-state index contributed by atoms with van der Waals surface area (Å²) in [4.78, 5) is 4.05. The third kappa shape index (κ3) is 4.44. The molecule has 0 aliphatic carbocycles. The topological polar surface area (TPSA) is 88.5 Å². The van der Waals surface area contributed by atoms with Gasteiger partial charge in [0, 0.05) is 19.2 Å². The average molecular weight is 308 g/mol. The van der Waals surface area contributed by atoms with Crippen molar-refractivity contribution in [1.29, 1.82) is 0 Å². The van der Waals surface area contributed by atoms with Gasteiger partial charge in [0.1, 0.15) is 11.6 Å². The number of pyridine rings is 1. The molecule has 2 aromatic rings. The summed E-state index contributed by atoms with van der Waals surface area (Å²) in [5.74, 6) is 0.820. The molecule has 1 aromatic heterocycles. The molecule has 0 atom stereocenters. The quantitative estimate of drug-likeness (QED) is 0.759. The molecule has 0 bridgehead atoms. The van der Waals surface area contributed by atoms with E-state index in [9.17, 15) is 8.42 Å². The van der Waals surface area contributed by atoms with E-state index >= 15 is 0 Å². The average Bonchev–Trinajstić information content (AvgIpc) is 2.49. The van der Waals surface area contributed by atoms with E-state index in [1.165, 1.54) is 18.3 Å². The Morgan fingerprint density at radius 3 is 2.52 bits per heavy atom. The summed E-state index contributed by atoms with van der Waals surface area (Å²) >= 11 is 0. The summed E-state index contributed by atoms with van der Waals surface area (Å²) in [6, 6.07) is 11.0.